The Labute approximate surface area is 141 Å². The van der Waals surface area contributed by atoms with E-state index in [2.05, 4.69) is 15.6 Å². The molecule has 1 amide bonds. The molecule has 1 unspecified atom stereocenters. The van der Waals surface area contributed by atoms with Gasteiger partial charge >= 0.3 is 0 Å². The van der Waals surface area contributed by atoms with Gasteiger partial charge in [0.2, 0.25) is 5.91 Å². The molecule has 0 spiro atoms. The molecule has 1 saturated heterocycles. The van der Waals surface area contributed by atoms with Gasteiger partial charge in [-0.3, -0.25) is 10.1 Å². The molecule has 1 aromatic carbocycles. The smallest absolute Gasteiger partial charge is 0.262 e. The topological polar surface area (TPSA) is 54.0 Å². The van der Waals surface area contributed by atoms with E-state index in [1.54, 1.807) is 25.1 Å². The Hall–Kier alpha value is -1.93. The second-order valence-corrected chi connectivity index (χ2v) is 6.86. The maximum absolute atomic E-state index is 13.7. The van der Waals surface area contributed by atoms with E-state index in [0.717, 1.165) is 4.88 Å². The number of hydrogen-bond donors (Lipinski definition) is 2. The van der Waals surface area contributed by atoms with Crippen LogP contribution < -0.4 is 10.6 Å². The minimum absolute atomic E-state index is 0.298. The van der Waals surface area contributed by atoms with Crippen molar-refractivity contribution >= 4 is 22.4 Å². The van der Waals surface area contributed by atoms with Crippen LogP contribution in [0, 0.1) is 12.7 Å². The van der Waals surface area contributed by atoms with Crippen LogP contribution in [0.15, 0.2) is 24.3 Å². The minimum Gasteiger partial charge on any atom is -0.301 e. The number of alkyl halides is 2. The molecule has 1 aromatic heterocycles. The van der Waals surface area contributed by atoms with Crippen molar-refractivity contribution in [2.24, 2.45) is 0 Å². The molecular weight excluding hydrogens is 339 g/mol. The van der Waals surface area contributed by atoms with E-state index in [9.17, 15) is 18.0 Å². The minimum atomic E-state index is -2.86. The summed E-state index contributed by atoms with van der Waals surface area (Å²) in [6.07, 6.45) is -0.156. The number of thiazole rings is 1. The highest BCUT2D eigenvalue weighted by Crippen LogP contribution is 2.28. The lowest BCUT2D eigenvalue weighted by Gasteiger charge is -2.09. The van der Waals surface area contributed by atoms with E-state index in [1.165, 1.54) is 17.4 Å². The second-order valence-electron chi connectivity index (χ2n) is 5.78. The largest absolute Gasteiger partial charge is 0.301 e. The SMILES string of the molecule is Cc1nc(NC(=O)C2CC(F)(F)CN2)sc1Cc1ccccc1F. The van der Waals surface area contributed by atoms with E-state index in [-0.39, 0.29) is 5.82 Å². The zero-order chi connectivity index (χ0) is 17.3. The number of halogens is 3. The third-order valence-corrected chi connectivity index (χ3v) is 4.93. The summed E-state index contributed by atoms with van der Waals surface area (Å²) in [5, 5.41) is 5.40. The van der Waals surface area contributed by atoms with Crippen molar-refractivity contribution in [3.63, 3.8) is 0 Å². The summed E-state index contributed by atoms with van der Waals surface area (Å²) in [5.74, 6) is -3.69. The number of benzene rings is 1. The van der Waals surface area contributed by atoms with Crippen LogP contribution in [0.25, 0.3) is 0 Å². The van der Waals surface area contributed by atoms with Gasteiger partial charge in [-0.25, -0.2) is 18.2 Å². The lowest BCUT2D eigenvalue weighted by Crippen LogP contribution is -2.35. The van der Waals surface area contributed by atoms with Crippen molar-refractivity contribution in [3.05, 3.63) is 46.2 Å². The van der Waals surface area contributed by atoms with Crippen LogP contribution in [0.5, 0.6) is 0 Å². The maximum Gasteiger partial charge on any atom is 0.262 e. The molecule has 2 aromatic rings. The van der Waals surface area contributed by atoms with Crippen LogP contribution in [-0.2, 0) is 11.2 Å². The van der Waals surface area contributed by atoms with Gasteiger partial charge in [0.05, 0.1) is 18.3 Å². The van der Waals surface area contributed by atoms with Crippen molar-refractivity contribution in [2.75, 3.05) is 11.9 Å². The van der Waals surface area contributed by atoms with Gasteiger partial charge in [-0.1, -0.05) is 18.2 Å². The molecule has 24 heavy (non-hydrogen) atoms. The summed E-state index contributed by atoms with van der Waals surface area (Å²) in [4.78, 5) is 17.1. The Morgan fingerprint density at radius 3 is 2.88 bits per heavy atom. The lowest BCUT2D eigenvalue weighted by molar-refractivity contribution is -0.118. The highest BCUT2D eigenvalue weighted by Gasteiger charge is 2.42. The molecule has 8 heteroatoms. The average Bonchev–Trinajstić information content (AvgIpc) is 3.04. The summed E-state index contributed by atoms with van der Waals surface area (Å²) in [5.41, 5.74) is 1.22. The standard InChI is InChI=1S/C16H16F3N3OS/c1-9-13(6-10-4-2-3-5-11(10)17)24-15(21-9)22-14(23)12-7-16(18,19)8-20-12/h2-5,12,20H,6-8H2,1H3,(H,21,22,23). The average molecular weight is 355 g/mol. The predicted octanol–water partition coefficient (Wildman–Crippen LogP) is 3.12. The Kier molecular flexibility index (Phi) is 4.60. The molecule has 4 nitrogen and oxygen atoms in total. The molecule has 3 rings (SSSR count). The molecule has 0 bridgehead atoms. The Bertz CT molecular complexity index is 763. The summed E-state index contributed by atoms with van der Waals surface area (Å²) in [6.45, 7) is 1.27. The first-order valence-electron chi connectivity index (χ1n) is 7.46. The van der Waals surface area contributed by atoms with Gasteiger partial charge < -0.3 is 5.32 Å². The molecule has 1 aliphatic rings. The van der Waals surface area contributed by atoms with Gasteiger partial charge in [0.25, 0.3) is 5.92 Å². The number of anilines is 1. The summed E-state index contributed by atoms with van der Waals surface area (Å²) in [6, 6.07) is 5.52. The van der Waals surface area contributed by atoms with Crippen LogP contribution in [0.2, 0.25) is 0 Å². The Morgan fingerprint density at radius 1 is 1.46 bits per heavy atom. The third-order valence-electron chi connectivity index (χ3n) is 3.86. The number of aromatic nitrogens is 1. The Balaban J connectivity index is 1.68. The molecular formula is C16H16F3N3OS. The normalized spacial score (nSPS) is 19.4. The molecule has 1 aliphatic heterocycles. The van der Waals surface area contributed by atoms with Gasteiger partial charge in [-0.15, -0.1) is 11.3 Å². The van der Waals surface area contributed by atoms with Crippen molar-refractivity contribution in [3.8, 4) is 0 Å². The first kappa shape index (κ1) is 16.9. The number of nitrogens with zero attached hydrogens (tertiary/aromatic N) is 1. The van der Waals surface area contributed by atoms with Crippen LogP contribution >= 0.6 is 11.3 Å². The summed E-state index contributed by atoms with van der Waals surface area (Å²) >= 11 is 1.23. The zero-order valence-corrected chi connectivity index (χ0v) is 13.7. The summed E-state index contributed by atoms with van der Waals surface area (Å²) < 4.78 is 40.0. The molecule has 0 aliphatic carbocycles. The number of hydrogen-bond acceptors (Lipinski definition) is 4. The number of amides is 1. The van der Waals surface area contributed by atoms with E-state index in [1.807, 2.05) is 0 Å². The number of nitrogens with one attached hydrogen (secondary N) is 2. The van der Waals surface area contributed by atoms with Gasteiger partial charge in [0.15, 0.2) is 5.13 Å². The molecule has 2 heterocycles. The molecule has 0 saturated carbocycles. The highest BCUT2D eigenvalue weighted by molar-refractivity contribution is 7.15. The van der Waals surface area contributed by atoms with Crippen LogP contribution in [-0.4, -0.2) is 29.4 Å². The van der Waals surface area contributed by atoms with E-state index in [4.69, 9.17) is 0 Å². The molecule has 2 N–H and O–H groups in total. The van der Waals surface area contributed by atoms with Crippen molar-refractivity contribution in [1.29, 1.82) is 0 Å². The van der Waals surface area contributed by atoms with E-state index in [0.29, 0.717) is 22.8 Å². The van der Waals surface area contributed by atoms with Crippen LogP contribution in [0.4, 0.5) is 18.3 Å². The fourth-order valence-electron chi connectivity index (χ4n) is 2.55. The highest BCUT2D eigenvalue weighted by atomic mass is 32.1. The Morgan fingerprint density at radius 2 is 2.21 bits per heavy atom. The van der Waals surface area contributed by atoms with Crippen molar-refractivity contribution in [2.45, 2.75) is 31.7 Å². The zero-order valence-electron chi connectivity index (χ0n) is 12.9. The van der Waals surface area contributed by atoms with Gasteiger partial charge in [0.1, 0.15) is 5.82 Å². The number of carbonyl (C=O) groups is 1. The molecule has 1 atom stereocenters. The fraction of sp³-hybridized carbons (Fsp3) is 0.375. The van der Waals surface area contributed by atoms with Gasteiger partial charge in [-0.2, -0.15) is 0 Å². The van der Waals surface area contributed by atoms with Gasteiger partial charge in [-0.05, 0) is 18.6 Å². The quantitative estimate of drug-likeness (QED) is 0.886. The fourth-order valence-corrected chi connectivity index (χ4v) is 3.54. The van der Waals surface area contributed by atoms with E-state index >= 15 is 0 Å². The van der Waals surface area contributed by atoms with Crippen LogP contribution in [0.3, 0.4) is 0 Å². The number of rotatable bonds is 4. The van der Waals surface area contributed by atoms with Crippen molar-refractivity contribution in [1.82, 2.24) is 10.3 Å². The molecule has 0 radical (unpaired) electrons. The summed E-state index contributed by atoms with van der Waals surface area (Å²) in [7, 11) is 0. The third kappa shape index (κ3) is 3.76. The maximum atomic E-state index is 13.7. The van der Waals surface area contributed by atoms with Crippen molar-refractivity contribution < 1.29 is 18.0 Å². The van der Waals surface area contributed by atoms with E-state index < -0.39 is 30.8 Å². The first-order valence-corrected chi connectivity index (χ1v) is 8.27. The van der Waals surface area contributed by atoms with Crippen LogP contribution in [0.1, 0.15) is 22.6 Å². The number of carbonyl (C=O) groups excluding carboxylic acids is 1. The molecule has 1 fully saturated rings. The first-order chi connectivity index (χ1) is 11.3. The number of aryl methyl sites for hydroxylation is 1. The molecule has 128 valence electrons. The monoisotopic (exact) mass is 355 g/mol. The predicted molar refractivity (Wildman–Crippen MR) is 86.0 cm³/mol. The second kappa shape index (κ2) is 6.52. The lowest BCUT2D eigenvalue weighted by atomic mass is 10.1. The van der Waals surface area contributed by atoms with Gasteiger partial charge in [0, 0.05) is 17.7 Å².